The summed E-state index contributed by atoms with van der Waals surface area (Å²) in [4.78, 5) is 14.7. The Morgan fingerprint density at radius 3 is 1.64 bits per heavy atom. The van der Waals surface area contributed by atoms with E-state index in [0.717, 1.165) is 74.0 Å². The molecule has 0 bridgehead atoms. The third-order valence-electron chi connectivity index (χ3n) is 9.69. The highest BCUT2D eigenvalue weighted by Crippen LogP contribution is 2.42. The summed E-state index contributed by atoms with van der Waals surface area (Å²) in [7, 11) is 0. The van der Waals surface area contributed by atoms with Gasteiger partial charge in [0.25, 0.3) is 0 Å². The van der Waals surface area contributed by atoms with E-state index in [0.29, 0.717) is 34.8 Å². The molecule has 6 aromatic carbocycles. The average molecular weight is 709 g/mol. The summed E-state index contributed by atoms with van der Waals surface area (Å²) in [6.45, 7) is 0. The van der Waals surface area contributed by atoms with Gasteiger partial charge in [0, 0.05) is 33.4 Å². The van der Waals surface area contributed by atoms with Gasteiger partial charge in [-0.2, -0.15) is 5.26 Å². The maximum atomic E-state index is 10.1. The minimum atomic E-state index is 0.480. The van der Waals surface area contributed by atoms with E-state index < -0.39 is 0 Å². The summed E-state index contributed by atoms with van der Waals surface area (Å²) in [6.07, 6.45) is 8.04. The standard InChI is InChI=1S/C48H32N6O/c49-31-39-19-10-11-20-40(39)42-22-12-21-41(32-23-29-38(30-24-32)48-54-53-47(55-48)37-17-8-3-9-18-37)43(42)33-25-27-36(28-26-33)46-51-44(34-13-4-1-5-14-34)50-45(52-46)35-15-6-2-7-16-35/h1-8,10-17,19-30H,9,18H2. The SMILES string of the molecule is N#Cc1ccccc1-c1cccc(-c2ccc(-c3nnc(C4=CC=CCC4)o3)cc2)c1-c1ccc(-c2nc(-c3ccccc3)nc(-c3ccccc3)n2)cc1. The third kappa shape index (κ3) is 6.76. The van der Waals surface area contributed by atoms with Crippen molar-refractivity contribution in [2.45, 2.75) is 12.8 Å². The highest BCUT2D eigenvalue weighted by Gasteiger charge is 2.19. The van der Waals surface area contributed by atoms with Crippen molar-refractivity contribution in [1.29, 1.82) is 5.26 Å². The molecular formula is C48H32N6O. The fourth-order valence-corrected chi connectivity index (χ4v) is 6.91. The number of benzene rings is 6. The van der Waals surface area contributed by atoms with Crippen molar-refractivity contribution in [3.8, 4) is 85.1 Å². The Labute approximate surface area is 318 Å². The van der Waals surface area contributed by atoms with Crippen LogP contribution in [0.15, 0.2) is 174 Å². The zero-order chi connectivity index (χ0) is 37.0. The zero-order valence-corrected chi connectivity index (χ0v) is 29.7. The smallest absolute Gasteiger partial charge is 0.248 e. The van der Waals surface area contributed by atoms with Crippen LogP contribution in [0, 0.1) is 11.3 Å². The van der Waals surface area contributed by atoms with Crippen LogP contribution in [-0.4, -0.2) is 25.1 Å². The molecule has 2 aromatic heterocycles. The number of nitriles is 1. The predicted octanol–water partition coefficient (Wildman–Crippen LogP) is 11.5. The van der Waals surface area contributed by atoms with Gasteiger partial charge in [-0.05, 0) is 58.9 Å². The second-order valence-corrected chi connectivity index (χ2v) is 13.1. The highest BCUT2D eigenvalue weighted by atomic mass is 16.4. The molecule has 55 heavy (non-hydrogen) atoms. The fourth-order valence-electron chi connectivity index (χ4n) is 6.91. The van der Waals surface area contributed by atoms with Gasteiger partial charge >= 0.3 is 0 Å². The minimum Gasteiger partial charge on any atom is -0.416 e. The van der Waals surface area contributed by atoms with Gasteiger partial charge in [0.15, 0.2) is 17.5 Å². The Morgan fingerprint density at radius 1 is 0.473 bits per heavy atom. The van der Waals surface area contributed by atoms with Crippen LogP contribution in [0.1, 0.15) is 24.3 Å². The molecule has 260 valence electrons. The molecule has 1 aliphatic carbocycles. The van der Waals surface area contributed by atoms with Crippen LogP contribution < -0.4 is 0 Å². The van der Waals surface area contributed by atoms with Crippen molar-refractivity contribution in [3.05, 3.63) is 181 Å². The van der Waals surface area contributed by atoms with E-state index in [2.05, 4.69) is 70.9 Å². The normalized spacial score (nSPS) is 12.2. The van der Waals surface area contributed by atoms with Crippen molar-refractivity contribution in [1.82, 2.24) is 25.1 Å². The van der Waals surface area contributed by atoms with Crippen LogP contribution in [-0.2, 0) is 0 Å². The Hall–Kier alpha value is -7.56. The van der Waals surface area contributed by atoms with Crippen LogP contribution in [0.2, 0.25) is 0 Å². The van der Waals surface area contributed by atoms with Crippen molar-refractivity contribution in [2.75, 3.05) is 0 Å². The largest absolute Gasteiger partial charge is 0.416 e. The Kier molecular flexibility index (Phi) is 8.97. The molecule has 0 radical (unpaired) electrons. The first-order valence-corrected chi connectivity index (χ1v) is 18.1. The molecule has 0 saturated heterocycles. The van der Waals surface area contributed by atoms with Gasteiger partial charge in [-0.15, -0.1) is 10.2 Å². The molecule has 8 aromatic rings. The number of nitrogens with zero attached hydrogens (tertiary/aromatic N) is 6. The van der Waals surface area contributed by atoms with Gasteiger partial charge in [0.1, 0.15) is 0 Å². The van der Waals surface area contributed by atoms with Gasteiger partial charge in [-0.25, -0.2) is 15.0 Å². The van der Waals surface area contributed by atoms with Crippen LogP contribution >= 0.6 is 0 Å². The molecule has 0 spiro atoms. The van der Waals surface area contributed by atoms with Gasteiger partial charge in [0.2, 0.25) is 11.8 Å². The monoisotopic (exact) mass is 708 g/mol. The molecule has 7 heteroatoms. The average Bonchev–Trinajstić information content (AvgIpc) is 3.78. The molecule has 0 aliphatic heterocycles. The molecular weight excluding hydrogens is 677 g/mol. The van der Waals surface area contributed by atoms with Gasteiger partial charge in [-0.1, -0.05) is 152 Å². The topological polar surface area (TPSA) is 101 Å². The lowest BCUT2D eigenvalue weighted by atomic mass is 9.86. The maximum Gasteiger partial charge on any atom is 0.248 e. The van der Waals surface area contributed by atoms with Gasteiger partial charge < -0.3 is 4.42 Å². The molecule has 0 atom stereocenters. The van der Waals surface area contributed by atoms with Crippen molar-refractivity contribution >= 4 is 5.57 Å². The minimum absolute atomic E-state index is 0.480. The van der Waals surface area contributed by atoms with Crippen molar-refractivity contribution in [3.63, 3.8) is 0 Å². The number of rotatable bonds is 8. The molecule has 0 amide bonds. The Bertz CT molecular complexity index is 2690. The van der Waals surface area contributed by atoms with E-state index in [9.17, 15) is 5.26 Å². The first-order valence-electron chi connectivity index (χ1n) is 18.1. The summed E-state index contributed by atoms with van der Waals surface area (Å²) in [5, 5.41) is 18.8. The second kappa shape index (κ2) is 14.8. The highest BCUT2D eigenvalue weighted by molar-refractivity contribution is 5.96. The molecule has 0 fully saturated rings. The van der Waals surface area contributed by atoms with Crippen LogP contribution in [0.5, 0.6) is 0 Å². The number of allylic oxidation sites excluding steroid dienone is 4. The van der Waals surface area contributed by atoms with Gasteiger partial charge in [0.05, 0.1) is 11.6 Å². The first kappa shape index (κ1) is 33.3. The first-order chi connectivity index (χ1) is 27.2. The predicted molar refractivity (Wildman–Crippen MR) is 217 cm³/mol. The van der Waals surface area contributed by atoms with E-state index in [1.807, 2.05) is 115 Å². The van der Waals surface area contributed by atoms with E-state index in [-0.39, 0.29) is 0 Å². The van der Waals surface area contributed by atoms with E-state index in [4.69, 9.17) is 19.4 Å². The molecule has 0 saturated carbocycles. The maximum absolute atomic E-state index is 10.1. The second-order valence-electron chi connectivity index (χ2n) is 13.1. The summed E-state index contributed by atoms with van der Waals surface area (Å²) in [5.74, 6) is 2.84. The lowest BCUT2D eigenvalue weighted by molar-refractivity contribution is 0.550. The summed E-state index contributed by atoms with van der Waals surface area (Å²) < 4.78 is 6.09. The van der Waals surface area contributed by atoms with Crippen molar-refractivity contribution in [2.24, 2.45) is 0 Å². The lowest BCUT2D eigenvalue weighted by Crippen LogP contribution is -2.00. The summed E-state index contributed by atoms with van der Waals surface area (Å²) in [6, 6.07) is 52.8. The van der Waals surface area contributed by atoms with Crippen molar-refractivity contribution < 1.29 is 4.42 Å². The zero-order valence-electron chi connectivity index (χ0n) is 29.7. The van der Waals surface area contributed by atoms with E-state index in [1.165, 1.54) is 0 Å². The number of hydrogen-bond acceptors (Lipinski definition) is 7. The van der Waals surface area contributed by atoms with Crippen LogP contribution in [0.4, 0.5) is 0 Å². The van der Waals surface area contributed by atoms with Crippen LogP contribution in [0.25, 0.3) is 84.6 Å². The molecule has 9 rings (SSSR count). The summed E-state index contributed by atoms with van der Waals surface area (Å²) in [5.41, 5.74) is 11.0. The fraction of sp³-hybridized carbons (Fsp3) is 0.0417. The molecule has 7 nitrogen and oxygen atoms in total. The molecule has 0 N–H and O–H groups in total. The Balaban J connectivity index is 1.13. The van der Waals surface area contributed by atoms with Crippen LogP contribution in [0.3, 0.4) is 0 Å². The Morgan fingerprint density at radius 2 is 1.00 bits per heavy atom. The molecule has 0 unspecified atom stereocenters. The number of hydrogen-bond donors (Lipinski definition) is 0. The quantitative estimate of drug-likeness (QED) is 0.155. The van der Waals surface area contributed by atoms with Gasteiger partial charge in [-0.3, -0.25) is 0 Å². The summed E-state index contributed by atoms with van der Waals surface area (Å²) >= 11 is 0. The molecule has 1 aliphatic rings. The van der Waals surface area contributed by atoms with E-state index >= 15 is 0 Å². The third-order valence-corrected chi connectivity index (χ3v) is 9.69. The molecule has 2 heterocycles. The van der Waals surface area contributed by atoms with E-state index in [1.54, 1.807) is 0 Å². The lowest BCUT2D eigenvalue weighted by Gasteiger charge is -2.17. The number of aromatic nitrogens is 5.